The Morgan fingerprint density at radius 1 is 0.955 bits per heavy atom. The van der Waals surface area contributed by atoms with E-state index in [1.165, 1.54) is 0 Å². The number of rotatable bonds is 7. The molecule has 1 N–H and O–H groups in total. The second kappa shape index (κ2) is 8.66. The summed E-state index contributed by atoms with van der Waals surface area (Å²) in [4.78, 5) is 14.4. The molecule has 3 nitrogen and oxygen atoms in total. The Labute approximate surface area is 140 Å². The Bertz CT molecular complexity index is 599. The Morgan fingerprint density at radius 3 is 2.27 bits per heavy atom. The average Bonchev–Trinajstić information content (AvgIpc) is 2.56. The van der Waals surface area contributed by atoms with E-state index in [0.29, 0.717) is 30.4 Å². The first-order valence-corrected chi connectivity index (χ1v) is 8.15. The van der Waals surface area contributed by atoms with Crippen LogP contribution in [0.1, 0.15) is 10.4 Å². The van der Waals surface area contributed by atoms with E-state index < -0.39 is 0 Å². The highest BCUT2D eigenvalue weighted by Gasteiger charge is 2.10. The molecule has 1 amide bonds. The van der Waals surface area contributed by atoms with Gasteiger partial charge in [0, 0.05) is 41.8 Å². The van der Waals surface area contributed by atoms with Crippen molar-refractivity contribution in [3.05, 3.63) is 60.2 Å². The zero-order chi connectivity index (χ0) is 15.8. The summed E-state index contributed by atoms with van der Waals surface area (Å²) in [5.74, 6) is 0.888. The molecule has 2 rings (SSSR count). The molecular weight excluding hydrogens is 319 g/mol. The summed E-state index contributed by atoms with van der Waals surface area (Å²) in [7, 11) is 0. The summed E-state index contributed by atoms with van der Waals surface area (Å²) in [6, 6.07) is 16.9. The molecule has 0 spiro atoms. The summed E-state index contributed by atoms with van der Waals surface area (Å²) in [5, 5.41) is 2.88. The highest BCUT2D eigenvalue weighted by atomic mass is 35.5. The number of hydrogen-bond donors (Lipinski definition) is 1. The first-order chi connectivity index (χ1) is 10.7. The average molecular weight is 337 g/mol. The van der Waals surface area contributed by atoms with Gasteiger partial charge in [0.15, 0.2) is 0 Å². The highest BCUT2D eigenvalue weighted by molar-refractivity contribution is 6.18. The molecule has 22 heavy (non-hydrogen) atoms. The Kier molecular flexibility index (Phi) is 6.56. The number of alkyl halides is 2. The van der Waals surface area contributed by atoms with Crippen LogP contribution < -0.4 is 10.2 Å². The largest absolute Gasteiger partial charge is 0.369 e. The third-order valence-electron chi connectivity index (χ3n) is 3.21. The van der Waals surface area contributed by atoms with Gasteiger partial charge in [-0.25, -0.2) is 0 Å². The van der Waals surface area contributed by atoms with Gasteiger partial charge in [-0.2, -0.15) is 0 Å². The van der Waals surface area contributed by atoms with Gasteiger partial charge in [-0.05, 0) is 30.3 Å². The first-order valence-electron chi connectivity index (χ1n) is 7.08. The minimum absolute atomic E-state index is 0.134. The van der Waals surface area contributed by atoms with Crippen molar-refractivity contribution in [1.29, 1.82) is 0 Å². The van der Waals surface area contributed by atoms with Gasteiger partial charge < -0.3 is 10.2 Å². The van der Waals surface area contributed by atoms with E-state index in [-0.39, 0.29) is 5.91 Å². The van der Waals surface area contributed by atoms with Crippen LogP contribution in [0.2, 0.25) is 0 Å². The van der Waals surface area contributed by atoms with Gasteiger partial charge in [-0.15, -0.1) is 23.2 Å². The van der Waals surface area contributed by atoms with E-state index in [1.807, 2.05) is 48.5 Å². The molecule has 0 aliphatic heterocycles. The number of hydrogen-bond acceptors (Lipinski definition) is 2. The fourth-order valence-electron chi connectivity index (χ4n) is 2.14. The molecule has 116 valence electrons. The van der Waals surface area contributed by atoms with E-state index in [4.69, 9.17) is 23.2 Å². The lowest BCUT2D eigenvalue weighted by molar-refractivity contribution is 0.102. The maximum Gasteiger partial charge on any atom is 0.255 e. The molecule has 0 saturated heterocycles. The summed E-state index contributed by atoms with van der Waals surface area (Å²) >= 11 is 11.7. The fraction of sp³-hybridized carbons (Fsp3) is 0.235. The Hall–Kier alpha value is -1.71. The van der Waals surface area contributed by atoms with Crippen LogP contribution in [0, 0.1) is 0 Å². The number of nitrogens with zero attached hydrogens (tertiary/aromatic N) is 1. The highest BCUT2D eigenvalue weighted by Crippen LogP contribution is 2.18. The lowest BCUT2D eigenvalue weighted by Gasteiger charge is -2.23. The van der Waals surface area contributed by atoms with Crippen molar-refractivity contribution in [2.75, 3.05) is 35.1 Å². The molecular formula is C17H18Cl2N2O. The third kappa shape index (κ3) is 4.65. The predicted molar refractivity (Wildman–Crippen MR) is 94.5 cm³/mol. The molecule has 0 heterocycles. The number of nitrogens with one attached hydrogen (secondary N) is 1. The van der Waals surface area contributed by atoms with Crippen LogP contribution in [0.15, 0.2) is 54.6 Å². The number of carbonyl (C=O) groups is 1. The zero-order valence-corrected chi connectivity index (χ0v) is 13.6. The standard InChI is InChI=1S/C17H18Cl2N2O/c18-9-11-21(12-10-19)16-8-4-5-14(13-16)17(22)20-15-6-2-1-3-7-15/h1-8,13H,9-12H2,(H,20,22). The van der Waals surface area contributed by atoms with Crippen molar-refractivity contribution >= 4 is 40.5 Å². The van der Waals surface area contributed by atoms with E-state index >= 15 is 0 Å². The van der Waals surface area contributed by atoms with Crippen molar-refractivity contribution in [1.82, 2.24) is 0 Å². The SMILES string of the molecule is O=C(Nc1ccccc1)c1cccc(N(CCCl)CCCl)c1. The van der Waals surface area contributed by atoms with Gasteiger partial charge in [0.1, 0.15) is 0 Å². The number of benzene rings is 2. The van der Waals surface area contributed by atoms with E-state index in [2.05, 4.69) is 10.2 Å². The Morgan fingerprint density at radius 2 is 1.64 bits per heavy atom. The minimum Gasteiger partial charge on any atom is -0.369 e. The molecule has 0 saturated carbocycles. The molecule has 2 aromatic carbocycles. The normalized spacial score (nSPS) is 10.3. The van der Waals surface area contributed by atoms with E-state index in [0.717, 1.165) is 11.4 Å². The van der Waals surface area contributed by atoms with Gasteiger partial charge in [0.2, 0.25) is 0 Å². The van der Waals surface area contributed by atoms with Gasteiger partial charge in [0.05, 0.1) is 0 Å². The lowest BCUT2D eigenvalue weighted by atomic mass is 10.1. The number of para-hydroxylation sites is 1. The first kappa shape index (κ1) is 16.7. The molecule has 0 fully saturated rings. The summed E-state index contributed by atoms with van der Waals surface area (Å²) in [5.41, 5.74) is 2.33. The molecule has 2 aromatic rings. The second-order valence-corrected chi connectivity index (χ2v) is 5.49. The zero-order valence-electron chi connectivity index (χ0n) is 12.1. The van der Waals surface area contributed by atoms with Crippen molar-refractivity contribution in [3.63, 3.8) is 0 Å². The minimum atomic E-state index is -0.134. The van der Waals surface area contributed by atoms with E-state index in [1.54, 1.807) is 6.07 Å². The summed E-state index contributed by atoms with van der Waals surface area (Å²) < 4.78 is 0. The third-order valence-corrected chi connectivity index (χ3v) is 3.55. The van der Waals surface area contributed by atoms with Crippen molar-refractivity contribution < 1.29 is 4.79 Å². The van der Waals surface area contributed by atoms with Crippen molar-refractivity contribution in [2.45, 2.75) is 0 Å². The number of anilines is 2. The molecule has 0 atom stereocenters. The van der Waals surface area contributed by atoms with Gasteiger partial charge in [-0.1, -0.05) is 24.3 Å². The van der Waals surface area contributed by atoms with Crippen LogP contribution in [0.5, 0.6) is 0 Å². The number of amides is 1. The molecule has 0 unspecified atom stereocenters. The van der Waals surface area contributed by atoms with Crippen molar-refractivity contribution in [3.8, 4) is 0 Å². The second-order valence-electron chi connectivity index (χ2n) is 4.74. The fourth-order valence-corrected chi connectivity index (χ4v) is 2.55. The van der Waals surface area contributed by atoms with Crippen LogP contribution in [0.25, 0.3) is 0 Å². The Balaban J connectivity index is 2.14. The van der Waals surface area contributed by atoms with Crippen LogP contribution in [0.4, 0.5) is 11.4 Å². The number of halogens is 2. The van der Waals surface area contributed by atoms with Gasteiger partial charge >= 0.3 is 0 Å². The van der Waals surface area contributed by atoms with Gasteiger partial charge in [0.25, 0.3) is 5.91 Å². The smallest absolute Gasteiger partial charge is 0.255 e. The predicted octanol–water partition coefficient (Wildman–Crippen LogP) is 4.22. The molecule has 0 radical (unpaired) electrons. The lowest BCUT2D eigenvalue weighted by Crippen LogP contribution is -2.27. The quantitative estimate of drug-likeness (QED) is 0.767. The molecule has 0 aromatic heterocycles. The van der Waals surface area contributed by atoms with Crippen LogP contribution in [0.3, 0.4) is 0 Å². The molecule has 0 aliphatic carbocycles. The summed E-state index contributed by atoms with van der Waals surface area (Å²) in [6.07, 6.45) is 0. The van der Waals surface area contributed by atoms with Crippen LogP contribution in [-0.2, 0) is 0 Å². The van der Waals surface area contributed by atoms with E-state index in [9.17, 15) is 4.79 Å². The summed E-state index contributed by atoms with van der Waals surface area (Å²) in [6.45, 7) is 1.38. The molecule has 0 aliphatic rings. The number of carbonyl (C=O) groups excluding carboxylic acids is 1. The maximum atomic E-state index is 12.3. The molecule has 5 heteroatoms. The van der Waals surface area contributed by atoms with Crippen LogP contribution in [-0.4, -0.2) is 30.8 Å². The molecule has 0 bridgehead atoms. The van der Waals surface area contributed by atoms with Crippen molar-refractivity contribution in [2.24, 2.45) is 0 Å². The monoisotopic (exact) mass is 336 g/mol. The maximum absolute atomic E-state index is 12.3. The topological polar surface area (TPSA) is 32.3 Å². The van der Waals surface area contributed by atoms with Crippen LogP contribution >= 0.6 is 23.2 Å². The van der Waals surface area contributed by atoms with Gasteiger partial charge in [-0.3, -0.25) is 4.79 Å².